The van der Waals surface area contributed by atoms with Crippen LogP contribution in [0.4, 0.5) is 5.95 Å². The van der Waals surface area contributed by atoms with E-state index in [-0.39, 0.29) is 12.5 Å². The van der Waals surface area contributed by atoms with Crippen LogP contribution in [-0.2, 0) is 11.3 Å². The fourth-order valence-electron chi connectivity index (χ4n) is 2.17. The molecule has 0 spiro atoms. The fraction of sp³-hybridized carbons (Fsp3) is 0.154. The van der Waals surface area contributed by atoms with Crippen LogP contribution in [0.5, 0.6) is 0 Å². The molecule has 20 heavy (non-hydrogen) atoms. The molecule has 0 radical (unpaired) electrons. The minimum atomic E-state index is -0.155. The largest absolute Gasteiger partial charge is 0.334 e. The SMILES string of the molecule is Cc1c(Br)c2ccccc2n1CC(=O)Nc1ncn[nH]1. The normalized spacial score (nSPS) is 10.9. The lowest BCUT2D eigenvalue weighted by molar-refractivity contribution is -0.116. The Morgan fingerprint density at radius 2 is 2.25 bits per heavy atom. The van der Waals surface area contributed by atoms with Crippen molar-refractivity contribution in [1.29, 1.82) is 0 Å². The van der Waals surface area contributed by atoms with Crippen LogP contribution < -0.4 is 5.32 Å². The van der Waals surface area contributed by atoms with E-state index in [4.69, 9.17) is 0 Å². The average Bonchev–Trinajstić information content (AvgIpc) is 3.03. The maximum atomic E-state index is 12.0. The van der Waals surface area contributed by atoms with E-state index >= 15 is 0 Å². The molecule has 0 aliphatic heterocycles. The lowest BCUT2D eigenvalue weighted by Gasteiger charge is -2.07. The Bertz CT molecular complexity index is 763. The van der Waals surface area contributed by atoms with Crippen molar-refractivity contribution < 1.29 is 4.79 Å². The third-order valence-electron chi connectivity index (χ3n) is 3.13. The number of amides is 1. The highest BCUT2D eigenvalue weighted by Crippen LogP contribution is 2.30. The first-order valence-corrected chi connectivity index (χ1v) is 6.84. The maximum Gasteiger partial charge on any atom is 0.246 e. The summed E-state index contributed by atoms with van der Waals surface area (Å²) in [6.07, 6.45) is 1.35. The van der Waals surface area contributed by atoms with Crippen LogP contribution in [0.1, 0.15) is 5.69 Å². The molecule has 0 saturated carbocycles. The zero-order valence-corrected chi connectivity index (χ0v) is 12.3. The average molecular weight is 334 g/mol. The molecular weight excluding hydrogens is 322 g/mol. The van der Waals surface area contributed by atoms with Crippen LogP contribution in [0.25, 0.3) is 10.9 Å². The number of para-hydroxylation sites is 1. The standard InChI is InChI=1S/C13H12BrN5O/c1-8-12(14)9-4-2-3-5-10(9)19(8)6-11(20)17-13-15-7-16-18-13/h2-5,7H,6H2,1H3,(H2,15,16,17,18,20). The maximum absolute atomic E-state index is 12.0. The first-order valence-electron chi connectivity index (χ1n) is 6.05. The molecule has 6 nitrogen and oxygen atoms in total. The molecule has 0 saturated heterocycles. The van der Waals surface area contributed by atoms with Gasteiger partial charge in [-0.05, 0) is 28.9 Å². The van der Waals surface area contributed by atoms with E-state index in [1.807, 2.05) is 35.8 Å². The summed E-state index contributed by atoms with van der Waals surface area (Å²) in [6.45, 7) is 2.20. The predicted octanol–water partition coefficient (Wildman–Crippen LogP) is 2.47. The molecule has 102 valence electrons. The van der Waals surface area contributed by atoms with Crippen LogP contribution in [0.3, 0.4) is 0 Å². The first kappa shape index (κ1) is 12.9. The van der Waals surface area contributed by atoms with E-state index in [1.54, 1.807) is 0 Å². The van der Waals surface area contributed by atoms with Crippen molar-refractivity contribution in [3.8, 4) is 0 Å². The fourth-order valence-corrected chi connectivity index (χ4v) is 2.72. The van der Waals surface area contributed by atoms with Gasteiger partial charge in [-0.15, -0.1) is 0 Å². The molecule has 1 aromatic carbocycles. The van der Waals surface area contributed by atoms with Gasteiger partial charge in [0.15, 0.2) is 0 Å². The molecule has 0 aliphatic rings. The monoisotopic (exact) mass is 333 g/mol. The number of aromatic amines is 1. The van der Waals surface area contributed by atoms with E-state index in [1.165, 1.54) is 6.33 Å². The van der Waals surface area contributed by atoms with Crippen molar-refractivity contribution in [2.45, 2.75) is 13.5 Å². The van der Waals surface area contributed by atoms with Gasteiger partial charge in [0, 0.05) is 21.1 Å². The summed E-state index contributed by atoms with van der Waals surface area (Å²) in [6, 6.07) is 7.95. The first-order chi connectivity index (χ1) is 9.66. The zero-order valence-electron chi connectivity index (χ0n) is 10.7. The topological polar surface area (TPSA) is 75.6 Å². The molecule has 0 unspecified atom stereocenters. The highest BCUT2D eigenvalue weighted by Gasteiger charge is 2.14. The lowest BCUT2D eigenvalue weighted by Crippen LogP contribution is -2.20. The minimum Gasteiger partial charge on any atom is -0.334 e. The van der Waals surface area contributed by atoms with Gasteiger partial charge in [0.2, 0.25) is 11.9 Å². The Balaban J connectivity index is 1.91. The highest BCUT2D eigenvalue weighted by atomic mass is 79.9. The van der Waals surface area contributed by atoms with Crippen molar-refractivity contribution >= 4 is 38.7 Å². The van der Waals surface area contributed by atoms with E-state index in [2.05, 4.69) is 36.4 Å². The number of carbonyl (C=O) groups is 1. The second-order valence-electron chi connectivity index (χ2n) is 4.38. The summed E-state index contributed by atoms with van der Waals surface area (Å²) in [4.78, 5) is 15.9. The summed E-state index contributed by atoms with van der Waals surface area (Å²) in [5.41, 5.74) is 2.03. The number of aromatic nitrogens is 4. The Morgan fingerprint density at radius 3 is 3.00 bits per heavy atom. The van der Waals surface area contributed by atoms with Crippen molar-refractivity contribution in [2.24, 2.45) is 0 Å². The minimum absolute atomic E-state index is 0.155. The molecule has 3 rings (SSSR count). The number of halogens is 1. The van der Waals surface area contributed by atoms with Crippen molar-refractivity contribution in [3.63, 3.8) is 0 Å². The van der Waals surface area contributed by atoms with Gasteiger partial charge in [-0.25, -0.2) is 5.10 Å². The predicted molar refractivity (Wildman–Crippen MR) is 79.4 cm³/mol. The molecular formula is C13H12BrN5O. The number of nitrogens with zero attached hydrogens (tertiary/aromatic N) is 3. The number of nitrogens with one attached hydrogen (secondary N) is 2. The van der Waals surface area contributed by atoms with E-state index in [0.29, 0.717) is 5.95 Å². The van der Waals surface area contributed by atoms with Gasteiger partial charge in [0.05, 0.1) is 0 Å². The second kappa shape index (κ2) is 5.09. The highest BCUT2D eigenvalue weighted by molar-refractivity contribution is 9.10. The Kier molecular flexibility index (Phi) is 3.27. The molecule has 2 N–H and O–H groups in total. The van der Waals surface area contributed by atoms with Gasteiger partial charge in [-0.1, -0.05) is 18.2 Å². The Hall–Kier alpha value is -2.15. The molecule has 1 amide bonds. The number of hydrogen-bond donors (Lipinski definition) is 2. The second-order valence-corrected chi connectivity index (χ2v) is 5.18. The van der Waals surface area contributed by atoms with Crippen LogP contribution in [0.2, 0.25) is 0 Å². The van der Waals surface area contributed by atoms with Crippen molar-refractivity contribution in [1.82, 2.24) is 19.7 Å². The Morgan fingerprint density at radius 1 is 1.45 bits per heavy atom. The summed E-state index contributed by atoms with van der Waals surface area (Å²) < 4.78 is 2.98. The number of rotatable bonds is 3. The summed E-state index contributed by atoms with van der Waals surface area (Å²) in [5.74, 6) is 0.196. The zero-order chi connectivity index (χ0) is 14.1. The van der Waals surface area contributed by atoms with Crippen LogP contribution in [-0.4, -0.2) is 25.7 Å². The van der Waals surface area contributed by atoms with Crippen LogP contribution >= 0.6 is 15.9 Å². The van der Waals surface area contributed by atoms with Gasteiger partial charge in [0.1, 0.15) is 12.9 Å². The number of H-pyrrole nitrogens is 1. The van der Waals surface area contributed by atoms with Gasteiger partial charge in [-0.2, -0.15) is 10.1 Å². The van der Waals surface area contributed by atoms with E-state index < -0.39 is 0 Å². The van der Waals surface area contributed by atoms with Crippen LogP contribution in [0.15, 0.2) is 35.1 Å². The third-order valence-corrected chi connectivity index (χ3v) is 4.13. The number of fused-ring (bicyclic) bond motifs is 1. The molecule has 3 aromatic rings. The van der Waals surface area contributed by atoms with Gasteiger partial charge >= 0.3 is 0 Å². The van der Waals surface area contributed by atoms with E-state index in [0.717, 1.165) is 21.1 Å². The van der Waals surface area contributed by atoms with E-state index in [9.17, 15) is 4.79 Å². The van der Waals surface area contributed by atoms with Crippen molar-refractivity contribution in [2.75, 3.05) is 5.32 Å². The van der Waals surface area contributed by atoms with Gasteiger partial charge < -0.3 is 4.57 Å². The number of hydrogen-bond acceptors (Lipinski definition) is 3. The number of benzene rings is 1. The molecule has 0 fully saturated rings. The smallest absolute Gasteiger partial charge is 0.246 e. The quantitative estimate of drug-likeness (QED) is 0.773. The van der Waals surface area contributed by atoms with Crippen LogP contribution in [0, 0.1) is 6.92 Å². The number of carbonyl (C=O) groups excluding carboxylic acids is 1. The summed E-state index contributed by atoms with van der Waals surface area (Å²) >= 11 is 3.57. The molecule has 0 atom stereocenters. The molecule has 0 bridgehead atoms. The van der Waals surface area contributed by atoms with Crippen molar-refractivity contribution in [3.05, 3.63) is 40.8 Å². The van der Waals surface area contributed by atoms with Gasteiger partial charge in [-0.3, -0.25) is 10.1 Å². The third kappa shape index (κ3) is 2.20. The molecule has 0 aliphatic carbocycles. The lowest BCUT2D eigenvalue weighted by atomic mass is 10.2. The molecule has 2 aromatic heterocycles. The summed E-state index contributed by atoms with van der Waals surface area (Å²) in [5, 5.41) is 10.1. The molecule has 7 heteroatoms. The number of anilines is 1. The molecule has 2 heterocycles. The Labute approximate surface area is 123 Å². The van der Waals surface area contributed by atoms with Gasteiger partial charge in [0.25, 0.3) is 0 Å². The summed E-state index contributed by atoms with van der Waals surface area (Å²) in [7, 11) is 0.